The van der Waals surface area contributed by atoms with Gasteiger partial charge < -0.3 is 20.1 Å². The normalized spacial score (nSPS) is 19.4. The van der Waals surface area contributed by atoms with Gasteiger partial charge in [-0.25, -0.2) is 0 Å². The smallest absolute Gasteiger partial charge is 0.191 e. The Labute approximate surface area is 172 Å². The number of hydrogen-bond acceptors (Lipinski definition) is 4. The Hall–Kier alpha value is 0.0700. The summed E-state index contributed by atoms with van der Waals surface area (Å²) in [6.07, 6.45) is 2.01. The van der Waals surface area contributed by atoms with E-state index in [1.165, 1.54) is 0 Å². The zero-order chi connectivity index (χ0) is 17.8. The second kappa shape index (κ2) is 14.2. The molecule has 6 nitrogen and oxygen atoms in total. The van der Waals surface area contributed by atoms with Crippen molar-refractivity contribution in [1.29, 1.82) is 0 Å². The van der Waals surface area contributed by atoms with E-state index in [2.05, 4.69) is 15.6 Å². The molecule has 0 spiro atoms. The molecule has 8 heteroatoms. The fourth-order valence-corrected chi connectivity index (χ4v) is 3.13. The molecular weight excluding hydrogens is 453 g/mol. The number of rotatable bonds is 10. The topological polar surface area (TPSA) is 72.0 Å². The van der Waals surface area contributed by atoms with Crippen molar-refractivity contribution < 1.29 is 13.7 Å². The maximum absolute atomic E-state index is 12.0. The van der Waals surface area contributed by atoms with Gasteiger partial charge in [0.05, 0.1) is 13.2 Å². The van der Waals surface area contributed by atoms with Crippen LogP contribution < -0.4 is 10.6 Å². The Balaban J connectivity index is 0.00000576. The van der Waals surface area contributed by atoms with Gasteiger partial charge >= 0.3 is 0 Å². The number of nitrogens with zero attached hydrogens (tertiary/aromatic N) is 1. The molecule has 2 N–H and O–H groups in total. The molecule has 150 valence electrons. The summed E-state index contributed by atoms with van der Waals surface area (Å²) >= 11 is 0. The fourth-order valence-electron chi connectivity index (χ4n) is 2.23. The number of hydrogen-bond donors (Lipinski definition) is 2. The maximum Gasteiger partial charge on any atom is 0.191 e. The zero-order valence-electron chi connectivity index (χ0n) is 16.1. The van der Waals surface area contributed by atoms with Crippen LogP contribution in [0.15, 0.2) is 4.99 Å². The van der Waals surface area contributed by atoms with Gasteiger partial charge in [0, 0.05) is 60.1 Å². The van der Waals surface area contributed by atoms with Gasteiger partial charge in [-0.1, -0.05) is 0 Å². The van der Waals surface area contributed by atoms with Crippen LogP contribution in [0.4, 0.5) is 0 Å². The molecular formula is C17H36IN3O3S. The predicted octanol–water partition coefficient (Wildman–Crippen LogP) is 2.15. The summed E-state index contributed by atoms with van der Waals surface area (Å²) in [5.41, 5.74) is 0. The molecule has 0 radical (unpaired) electrons. The Kier molecular flexibility index (Phi) is 14.2. The van der Waals surface area contributed by atoms with E-state index in [0.717, 1.165) is 58.3 Å². The third kappa shape index (κ3) is 12.1. The highest BCUT2D eigenvalue weighted by Gasteiger charge is 2.18. The first-order valence-electron chi connectivity index (χ1n) is 8.99. The average molecular weight is 489 g/mol. The summed E-state index contributed by atoms with van der Waals surface area (Å²) < 4.78 is 22.9. The molecule has 0 aliphatic carbocycles. The quantitative estimate of drug-likeness (QED) is 0.213. The maximum atomic E-state index is 12.0. The van der Waals surface area contributed by atoms with Crippen LogP contribution in [0.5, 0.6) is 0 Å². The first kappa shape index (κ1) is 25.1. The van der Waals surface area contributed by atoms with E-state index in [9.17, 15) is 4.21 Å². The highest BCUT2D eigenvalue weighted by molar-refractivity contribution is 14.0. The summed E-state index contributed by atoms with van der Waals surface area (Å²) in [6, 6.07) is 0. The van der Waals surface area contributed by atoms with Crippen molar-refractivity contribution in [2.45, 2.75) is 45.3 Å². The highest BCUT2D eigenvalue weighted by Crippen LogP contribution is 2.12. The fraction of sp³-hybridized carbons (Fsp3) is 0.941. The van der Waals surface area contributed by atoms with Gasteiger partial charge in [-0.2, -0.15) is 0 Å². The van der Waals surface area contributed by atoms with Crippen molar-refractivity contribution >= 4 is 40.7 Å². The van der Waals surface area contributed by atoms with Crippen molar-refractivity contribution in [3.63, 3.8) is 0 Å². The number of nitrogens with one attached hydrogen (secondary N) is 2. The number of aliphatic imine (C=N–C) groups is 1. The third-order valence-corrected chi connectivity index (χ3v) is 5.64. The third-order valence-electron chi connectivity index (χ3n) is 3.70. The van der Waals surface area contributed by atoms with Crippen LogP contribution in [0, 0.1) is 5.92 Å². The van der Waals surface area contributed by atoms with Gasteiger partial charge in [0.25, 0.3) is 0 Å². The monoisotopic (exact) mass is 489 g/mol. The molecule has 1 saturated heterocycles. The second-order valence-corrected chi connectivity index (χ2v) is 9.33. The van der Waals surface area contributed by atoms with Crippen molar-refractivity contribution in [2.24, 2.45) is 10.9 Å². The van der Waals surface area contributed by atoms with E-state index in [1.807, 2.05) is 27.7 Å². The highest BCUT2D eigenvalue weighted by atomic mass is 127. The van der Waals surface area contributed by atoms with Crippen LogP contribution in [0.3, 0.4) is 0 Å². The lowest BCUT2D eigenvalue weighted by molar-refractivity contribution is 0.0893. The Bertz CT molecular complexity index is 397. The molecule has 1 aliphatic heterocycles. The molecule has 0 amide bonds. The van der Waals surface area contributed by atoms with Gasteiger partial charge in [-0.05, 0) is 40.5 Å². The lowest BCUT2D eigenvalue weighted by Crippen LogP contribution is -2.40. The minimum absolute atomic E-state index is 0. The molecule has 0 aromatic carbocycles. The van der Waals surface area contributed by atoms with Gasteiger partial charge in [0.1, 0.15) is 0 Å². The molecule has 2 atom stereocenters. The molecule has 1 heterocycles. The van der Waals surface area contributed by atoms with Gasteiger partial charge in [0.2, 0.25) is 0 Å². The largest absolute Gasteiger partial charge is 0.381 e. The molecule has 1 aliphatic rings. The molecule has 1 rings (SSSR count). The Morgan fingerprint density at radius 1 is 1.36 bits per heavy atom. The van der Waals surface area contributed by atoms with E-state index < -0.39 is 10.8 Å². The molecule has 0 aromatic heterocycles. The summed E-state index contributed by atoms with van der Waals surface area (Å²) in [4.78, 5) is 4.53. The van der Waals surface area contributed by atoms with E-state index in [4.69, 9.17) is 9.47 Å². The van der Waals surface area contributed by atoms with Crippen LogP contribution >= 0.6 is 24.0 Å². The Morgan fingerprint density at radius 2 is 2.12 bits per heavy atom. The molecule has 1 fully saturated rings. The van der Waals surface area contributed by atoms with Crippen molar-refractivity contribution in [3.8, 4) is 0 Å². The lowest BCUT2D eigenvalue weighted by Gasteiger charge is -2.18. The predicted molar refractivity (Wildman–Crippen MR) is 117 cm³/mol. The first-order valence-corrected chi connectivity index (χ1v) is 10.3. The molecule has 2 unspecified atom stereocenters. The van der Waals surface area contributed by atoms with E-state index in [1.54, 1.807) is 0 Å². The number of ether oxygens (including phenoxy) is 2. The zero-order valence-corrected chi connectivity index (χ0v) is 19.3. The number of guanidine groups is 1. The minimum atomic E-state index is -0.845. The van der Waals surface area contributed by atoms with Crippen LogP contribution in [0.2, 0.25) is 0 Å². The summed E-state index contributed by atoms with van der Waals surface area (Å²) in [5, 5.41) is 6.46. The first-order chi connectivity index (χ1) is 11.4. The Morgan fingerprint density at radius 3 is 2.72 bits per heavy atom. The van der Waals surface area contributed by atoms with E-state index >= 15 is 0 Å². The molecule has 0 bridgehead atoms. The van der Waals surface area contributed by atoms with Crippen molar-refractivity contribution in [2.75, 3.05) is 51.8 Å². The van der Waals surface area contributed by atoms with Crippen LogP contribution in [0.25, 0.3) is 0 Å². The molecule has 25 heavy (non-hydrogen) atoms. The second-order valence-electron chi connectivity index (χ2n) is 7.01. The summed E-state index contributed by atoms with van der Waals surface area (Å²) in [7, 11) is -0.845. The lowest BCUT2D eigenvalue weighted by atomic mass is 10.1. The van der Waals surface area contributed by atoms with E-state index in [0.29, 0.717) is 18.2 Å². The van der Waals surface area contributed by atoms with Crippen LogP contribution in [-0.2, 0) is 20.3 Å². The van der Waals surface area contributed by atoms with E-state index in [-0.39, 0.29) is 28.7 Å². The number of halogens is 1. The molecule has 0 aromatic rings. The summed E-state index contributed by atoms with van der Waals surface area (Å²) in [5.74, 6) is 1.98. The van der Waals surface area contributed by atoms with Crippen molar-refractivity contribution in [1.82, 2.24) is 10.6 Å². The minimum Gasteiger partial charge on any atom is -0.381 e. The van der Waals surface area contributed by atoms with Gasteiger partial charge in [-0.15, -0.1) is 24.0 Å². The van der Waals surface area contributed by atoms with Crippen LogP contribution in [0.1, 0.15) is 40.5 Å². The SMILES string of the molecule is CCNC(=NCCCOCC1CCOC1)NCCS(=O)C(C)(C)C.I. The standard InChI is InChI=1S/C17H35N3O3S.HI/c1-5-18-16(20-9-12-24(21)17(2,3)4)19-8-6-10-22-13-15-7-11-23-14-15;/h15H,5-14H2,1-4H3,(H2,18,19,20);1H. The van der Waals surface area contributed by atoms with Gasteiger partial charge in [0.15, 0.2) is 5.96 Å². The van der Waals surface area contributed by atoms with Gasteiger partial charge in [-0.3, -0.25) is 9.20 Å². The summed E-state index contributed by atoms with van der Waals surface area (Å²) in [6.45, 7) is 13.5. The van der Waals surface area contributed by atoms with Crippen LogP contribution in [-0.4, -0.2) is 66.7 Å². The van der Waals surface area contributed by atoms with Crippen molar-refractivity contribution in [3.05, 3.63) is 0 Å². The molecule has 0 saturated carbocycles. The average Bonchev–Trinajstić information content (AvgIpc) is 3.02.